The number of thiazole rings is 1. The Hall–Kier alpha value is -2.64. The van der Waals surface area contributed by atoms with Gasteiger partial charge in [-0.05, 0) is 7.05 Å². The quantitative estimate of drug-likeness (QED) is 0.747. The average molecular weight is 339 g/mol. The van der Waals surface area contributed by atoms with Gasteiger partial charge in [-0.15, -0.1) is 11.3 Å². The van der Waals surface area contributed by atoms with Crippen LogP contribution in [0.15, 0.2) is 54.3 Å². The summed E-state index contributed by atoms with van der Waals surface area (Å²) >= 11 is 1.61. The molecule has 3 aromatic rings. The summed E-state index contributed by atoms with van der Waals surface area (Å²) in [6.07, 6.45) is 4.62. The van der Waals surface area contributed by atoms with Crippen LogP contribution in [0.25, 0.3) is 10.6 Å². The lowest BCUT2D eigenvalue weighted by Crippen LogP contribution is -2.30. The third kappa shape index (κ3) is 4.43. The summed E-state index contributed by atoms with van der Waals surface area (Å²) in [5.41, 5.74) is 2.06. The molecule has 2 heterocycles. The second-order valence-corrected chi connectivity index (χ2v) is 6.18. The molecule has 0 aliphatic carbocycles. The van der Waals surface area contributed by atoms with Crippen molar-refractivity contribution >= 4 is 23.1 Å². The van der Waals surface area contributed by atoms with Crippen LogP contribution >= 0.6 is 11.3 Å². The van der Waals surface area contributed by atoms with E-state index in [1.165, 1.54) is 6.20 Å². The largest absolute Gasteiger partial charge is 0.308 e. The molecular formula is C17H17N5OS. The molecule has 0 fully saturated rings. The number of rotatable bonds is 6. The molecule has 0 radical (unpaired) electrons. The third-order valence-electron chi connectivity index (χ3n) is 3.25. The first-order valence-corrected chi connectivity index (χ1v) is 8.33. The standard InChI is InChI=1S/C17H17N5OS/c1-22(11-16(23)21-15-9-18-7-8-19-15)10-14-12-24-17(20-14)13-5-3-2-4-6-13/h2-9,12H,10-11H2,1H3,(H,19,21,23). The Morgan fingerprint density at radius 1 is 1.25 bits per heavy atom. The summed E-state index contributed by atoms with van der Waals surface area (Å²) in [4.78, 5) is 26.5. The van der Waals surface area contributed by atoms with Gasteiger partial charge in [0.05, 0.1) is 18.4 Å². The van der Waals surface area contributed by atoms with Crippen molar-refractivity contribution in [3.63, 3.8) is 0 Å². The lowest BCUT2D eigenvalue weighted by molar-refractivity contribution is -0.117. The van der Waals surface area contributed by atoms with Gasteiger partial charge in [0.1, 0.15) is 5.01 Å². The van der Waals surface area contributed by atoms with Crippen molar-refractivity contribution in [3.05, 3.63) is 60.0 Å². The molecule has 6 nitrogen and oxygen atoms in total. The molecule has 0 bridgehead atoms. The molecular weight excluding hydrogens is 322 g/mol. The second kappa shape index (κ2) is 7.76. The van der Waals surface area contributed by atoms with Crippen molar-refractivity contribution in [3.8, 4) is 10.6 Å². The molecule has 2 aromatic heterocycles. The summed E-state index contributed by atoms with van der Waals surface area (Å²) in [5.74, 6) is 0.326. The van der Waals surface area contributed by atoms with E-state index in [9.17, 15) is 4.79 Å². The van der Waals surface area contributed by atoms with Crippen LogP contribution in [0.3, 0.4) is 0 Å². The number of nitrogens with one attached hydrogen (secondary N) is 1. The topological polar surface area (TPSA) is 71.0 Å². The van der Waals surface area contributed by atoms with Crippen LogP contribution < -0.4 is 5.32 Å². The number of anilines is 1. The van der Waals surface area contributed by atoms with Gasteiger partial charge in [0, 0.05) is 29.9 Å². The highest BCUT2D eigenvalue weighted by Crippen LogP contribution is 2.23. The number of aromatic nitrogens is 3. The smallest absolute Gasteiger partial charge is 0.239 e. The van der Waals surface area contributed by atoms with E-state index in [-0.39, 0.29) is 12.5 Å². The van der Waals surface area contributed by atoms with Crippen LogP contribution in [0.2, 0.25) is 0 Å². The summed E-state index contributed by atoms with van der Waals surface area (Å²) in [5, 5.41) is 5.73. The molecule has 0 unspecified atom stereocenters. The van der Waals surface area contributed by atoms with E-state index in [0.717, 1.165) is 16.3 Å². The molecule has 0 saturated carbocycles. The van der Waals surface area contributed by atoms with Crippen molar-refractivity contribution in [2.75, 3.05) is 18.9 Å². The summed E-state index contributed by atoms with van der Waals surface area (Å²) in [7, 11) is 1.89. The monoisotopic (exact) mass is 339 g/mol. The van der Waals surface area contributed by atoms with Crippen molar-refractivity contribution in [2.24, 2.45) is 0 Å². The molecule has 24 heavy (non-hydrogen) atoms. The van der Waals surface area contributed by atoms with Crippen LogP contribution in [-0.4, -0.2) is 39.4 Å². The van der Waals surface area contributed by atoms with Crippen LogP contribution in [0.1, 0.15) is 5.69 Å². The maximum atomic E-state index is 12.0. The molecule has 1 aromatic carbocycles. The van der Waals surface area contributed by atoms with Gasteiger partial charge in [-0.25, -0.2) is 9.97 Å². The van der Waals surface area contributed by atoms with Gasteiger partial charge in [0.25, 0.3) is 0 Å². The summed E-state index contributed by atoms with van der Waals surface area (Å²) in [6, 6.07) is 10.1. The first-order valence-electron chi connectivity index (χ1n) is 7.45. The number of amides is 1. The highest BCUT2D eigenvalue weighted by Gasteiger charge is 2.11. The summed E-state index contributed by atoms with van der Waals surface area (Å²) < 4.78 is 0. The zero-order chi connectivity index (χ0) is 16.8. The number of carbonyl (C=O) groups excluding carboxylic acids is 1. The first kappa shape index (κ1) is 16.2. The fourth-order valence-electron chi connectivity index (χ4n) is 2.22. The van der Waals surface area contributed by atoms with Crippen LogP contribution in [-0.2, 0) is 11.3 Å². The van der Waals surface area contributed by atoms with E-state index in [1.807, 2.05) is 47.7 Å². The minimum absolute atomic E-state index is 0.128. The van der Waals surface area contributed by atoms with Gasteiger partial charge in [-0.1, -0.05) is 30.3 Å². The number of nitrogens with zero attached hydrogens (tertiary/aromatic N) is 4. The second-order valence-electron chi connectivity index (χ2n) is 5.32. The van der Waals surface area contributed by atoms with Crippen molar-refractivity contribution < 1.29 is 4.79 Å². The SMILES string of the molecule is CN(CC(=O)Nc1cnccn1)Cc1csc(-c2ccccc2)n1. The summed E-state index contributed by atoms with van der Waals surface area (Å²) in [6.45, 7) is 0.867. The number of carbonyl (C=O) groups is 1. The predicted octanol–water partition coefficient (Wildman–Crippen LogP) is 2.67. The maximum Gasteiger partial charge on any atom is 0.239 e. The van der Waals surface area contributed by atoms with E-state index >= 15 is 0 Å². The van der Waals surface area contributed by atoms with Crippen LogP contribution in [0.5, 0.6) is 0 Å². The molecule has 0 aliphatic rings. The highest BCUT2D eigenvalue weighted by atomic mass is 32.1. The number of benzene rings is 1. The van der Waals surface area contributed by atoms with E-state index in [4.69, 9.17) is 0 Å². The Morgan fingerprint density at radius 2 is 2.08 bits per heavy atom. The fraction of sp³-hybridized carbons (Fsp3) is 0.176. The zero-order valence-electron chi connectivity index (χ0n) is 13.2. The van der Waals surface area contributed by atoms with Crippen LogP contribution in [0, 0.1) is 0 Å². The Kier molecular flexibility index (Phi) is 5.25. The fourth-order valence-corrected chi connectivity index (χ4v) is 3.03. The normalized spacial score (nSPS) is 10.8. The Labute approximate surface area is 144 Å². The lowest BCUT2D eigenvalue weighted by Gasteiger charge is -2.14. The van der Waals surface area contributed by atoms with Gasteiger partial charge < -0.3 is 5.32 Å². The maximum absolute atomic E-state index is 12.0. The number of likely N-dealkylation sites (N-methyl/N-ethyl adjacent to an activating group) is 1. The Bertz CT molecular complexity index is 791. The van der Waals surface area contributed by atoms with Crippen LogP contribution in [0.4, 0.5) is 5.82 Å². The van der Waals surface area contributed by atoms with Gasteiger partial charge in [0.15, 0.2) is 5.82 Å². The molecule has 7 heteroatoms. The minimum Gasteiger partial charge on any atom is -0.308 e. The molecule has 0 atom stereocenters. The molecule has 1 N–H and O–H groups in total. The van der Waals surface area contributed by atoms with Crippen molar-refractivity contribution in [1.82, 2.24) is 19.9 Å². The molecule has 0 spiro atoms. The Balaban J connectivity index is 1.54. The molecule has 1 amide bonds. The van der Waals surface area contributed by atoms with Crippen molar-refractivity contribution in [2.45, 2.75) is 6.54 Å². The number of hydrogen-bond donors (Lipinski definition) is 1. The molecule has 0 saturated heterocycles. The van der Waals surface area contributed by atoms with Gasteiger partial charge >= 0.3 is 0 Å². The molecule has 3 rings (SSSR count). The van der Waals surface area contributed by atoms with E-state index in [0.29, 0.717) is 12.4 Å². The van der Waals surface area contributed by atoms with E-state index in [2.05, 4.69) is 20.3 Å². The minimum atomic E-state index is -0.128. The predicted molar refractivity (Wildman–Crippen MR) is 94.5 cm³/mol. The van der Waals surface area contributed by atoms with Gasteiger partial charge in [-0.3, -0.25) is 14.7 Å². The molecule has 122 valence electrons. The molecule has 0 aliphatic heterocycles. The van der Waals surface area contributed by atoms with E-state index < -0.39 is 0 Å². The van der Waals surface area contributed by atoms with Gasteiger partial charge in [0.2, 0.25) is 5.91 Å². The van der Waals surface area contributed by atoms with Gasteiger partial charge in [-0.2, -0.15) is 0 Å². The van der Waals surface area contributed by atoms with Crippen molar-refractivity contribution in [1.29, 1.82) is 0 Å². The number of hydrogen-bond acceptors (Lipinski definition) is 6. The lowest BCUT2D eigenvalue weighted by atomic mass is 10.2. The zero-order valence-corrected chi connectivity index (χ0v) is 14.0. The highest BCUT2D eigenvalue weighted by molar-refractivity contribution is 7.13. The van der Waals surface area contributed by atoms with E-state index in [1.54, 1.807) is 23.7 Å². The average Bonchev–Trinajstić information content (AvgIpc) is 3.04. The first-order chi connectivity index (χ1) is 11.7. The Morgan fingerprint density at radius 3 is 2.83 bits per heavy atom. The third-order valence-corrected chi connectivity index (χ3v) is 4.19.